The molecule has 3 rings (SSSR count). The van der Waals surface area contributed by atoms with Crippen molar-refractivity contribution in [3.63, 3.8) is 0 Å². The molecule has 1 heterocycles. The molecule has 3 N–H and O–H groups in total. The Bertz CT molecular complexity index is 627. The molecule has 1 aromatic carbocycles. The van der Waals surface area contributed by atoms with E-state index in [2.05, 4.69) is 17.1 Å². The summed E-state index contributed by atoms with van der Waals surface area (Å²) in [6, 6.07) is 8.24. The van der Waals surface area contributed by atoms with Crippen LogP contribution in [0, 0.1) is 6.92 Å². The fraction of sp³-hybridized carbons (Fsp3) is 0.400. The Morgan fingerprint density at radius 3 is 2.42 bits per heavy atom. The van der Waals surface area contributed by atoms with Gasteiger partial charge in [-0.25, -0.2) is 4.79 Å². The minimum Gasteiger partial charge on any atom is -0.330 e. The summed E-state index contributed by atoms with van der Waals surface area (Å²) in [4.78, 5) is 14.4. The monoisotopic (exact) mass is 257 g/mol. The van der Waals surface area contributed by atoms with Crippen molar-refractivity contribution < 1.29 is 0 Å². The van der Waals surface area contributed by atoms with Crippen LogP contribution in [0.5, 0.6) is 0 Å². The van der Waals surface area contributed by atoms with Crippen LogP contribution in [0.2, 0.25) is 0 Å². The van der Waals surface area contributed by atoms with Crippen LogP contribution in [-0.2, 0) is 5.41 Å². The molecule has 1 aliphatic carbocycles. The Morgan fingerprint density at radius 2 is 2.00 bits per heavy atom. The van der Waals surface area contributed by atoms with Gasteiger partial charge in [0.25, 0.3) is 0 Å². The van der Waals surface area contributed by atoms with E-state index < -0.39 is 0 Å². The first-order chi connectivity index (χ1) is 9.16. The average Bonchev–Trinajstić information content (AvgIpc) is 2.70. The summed E-state index contributed by atoms with van der Waals surface area (Å²) in [5, 5.41) is 0. The summed E-state index contributed by atoms with van der Waals surface area (Å²) < 4.78 is 1.68. The molecule has 0 amide bonds. The lowest BCUT2D eigenvalue weighted by Crippen LogP contribution is -2.41. The topological polar surface area (TPSA) is 63.8 Å². The largest absolute Gasteiger partial charge is 0.330 e. The number of nitrogens with one attached hydrogen (secondary N) is 1. The highest BCUT2D eigenvalue weighted by molar-refractivity contribution is 5.39. The Balaban J connectivity index is 1.98. The lowest BCUT2D eigenvalue weighted by atomic mass is 9.64. The van der Waals surface area contributed by atoms with Crippen molar-refractivity contribution in [3.05, 3.63) is 52.2 Å². The zero-order valence-corrected chi connectivity index (χ0v) is 11.1. The van der Waals surface area contributed by atoms with Gasteiger partial charge in [-0.15, -0.1) is 0 Å². The Labute approximate surface area is 112 Å². The third kappa shape index (κ3) is 1.83. The molecule has 1 saturated carbocycles. The normalized spacial score (nSPS) is 17.2. The van der Waals surface area contributed by atoms with E-state index in [1.165, 1.54) is 24.8 Å². The molecule has 2 aromatic rings. The molecule has 100 valence electrons. The predicted molar refractivity (Wildman–Crippen MR) is 75.7 cm³/mol. The van der Waals surface area contributed by atoms with Gasteiger partial charge >= 0.3 is 5.69 Å². The van der Waals surface area contributed by atoms with Crippen molar-refractivity contribution >= 4 is 0 Å². The van der Waals surface area contributed by atoms with Crippen molar-refractivity contribution in [1.82, 2.24) is 9.55 Å². The Hall–Kier alpha value is -1.81. The second-order valence-corrected chi connectivity index (χ2v) is 5.46. The van der Waals surface area contributed by atoms with Gasteiger partial charge in [-0.3, -0.25) is 4.57 Å². The number of hydrogen-bond acceptors (Lipinski definition) is 2. The lowest BCUT2D eigenvalue weighted by molar-refractivity contribution is 0.253. The van der Waals surface area contributed by atoms with E-state index in [1.807, 2.05) is 19.1 Å². The summed E-state index contributed by atoms with van der Waals surface area (Å²) in [5.41, 5.74) is 9.12. The fourth-order valence-electron chi connectivity index (χ4n) is 2.95. The van der Waals surface area contributed by atoms with E-state index in [4.69, 9.17) is 5.73 Å². The van der Waals surface area contributed by atoms with Gasteiger partial charge in [0.15, 0.2) is 0 Å². The second-order valence-electron chi connectivity index (χ2n) is 5.46. The number of rotatable bonds is 3. The standard InChI is InChI=1S/C15H19N3O/c1-11-9-17-14(19)18(11)13-5-3-12(4-6-13)15(10-16)7-2-8-15/h3-6,9H,2,7-8,10,16H2,1H3,(H,17,19). The van der Waals surface area contributed by atoms with E-state index >= 15 is 0 Å². The maximum Gasteiger partial charge on any atom is 0.330 e. The van der Waals surface area contributed by atoms with Crippen LogP contribution < -0.4 is 11.4 Å². The second kappa shape index (κ2) is 4.38. The third-order valence-corrected chi connectivity index (χ3v) is 4.40. The Morgan fingerprint density at radius 1 is 1.32 bits per heavy atom. The quantitative estimate of drug-likeness (QED) is 0.881. The first kappa shape index (κ1) is 12.2. The van der Waals surface area contributed by atoms with Gasteiger partial charge in [0.1, 0.15) is 0 Å². The van der Waals surface area contributed by atoms with Gasteiger partial charge in [-0.1, -0.05) is 18.6 Å². The van der Waals surface area contributed by atoms with Crippen LogP contribution in [0.1, 0.15) is 30.5 Å². The molecule has 0 bridgehead atoms. The van der Waals surface area contributed by atoms with E-state index in [9.17, 15) is 4.79 Å². The van der Waals surface area contributed by atoms with Gasteiger partial charge < -0.3 is 10.7 Å². The highest BCUT2D eigenvalue weighted by atomic mass is 16.1. The van der Waals surface area contributed by atoms with E-state index in [-0.39, 0.29) is 11.1 Å². The van der Waals surface area contributed by atoms with Gasteiger partial charge in [-0.2, -0.15) is 0 Å². The summed E-state index contributed by atoms with van der Waals surface area (Å²) >= 11 is 0. The van der Waals surface area contributed by atoms with Crippen LogP contribution in [0.3, 0.4) is 0 Å². The lowest BCUT2D eigenvalue weighted by Gasteiger charge is -2.41. The molecule has 4 heteroatoms. The van der Waals surface area contributed by atoms with Crippen LogP contribution >= 0.6 is 0 Å². The molecular formula is C15H19N3O. The minimum absolute atomic E-state index is 0.0950. The minimum atomic E-state index is -0.0950. The molecule has 1 aliphatic rings. The number of hydrogen-bond donors (Lipinski definition) is 2. The third-order valence-electron chi connectivity index (χ3n) is 4.40. The van der Waals surface area contributed by atoms with Crippen molar-refractivity contribution in [3.8, 4) is 5.69 Å². The van der Waals surface area contributed by atoms with E-state index in [0.717, 1.165) is 11.4 Å². The fourth-order valence-corrected chi connectivity index (χ4v) is 2.95. The zero-order chi connectivity index (χ0) is 13.5. The van der Waals surface area contributed by atoms with E-state index in [0.29, 0.717) is 6.54 Å². The predicted octanol–water partition coefficient (Wildman–Crippen LogP) is 1.85. The number of nitrogens with two attached hydrogens (primary N) is 1. The highest BCUT2D eigenvalue weighted by Gasteiger charge is 2.37. The van der Waals surface area contributed by atoms with E-state index in [1.54, 1.807) is 10.8 Å². The first-order valence-electron chi connectivity index (χ1n) is 6.74. The number of imidazole rings is 1. The molecule has 0 unspecified atom stereocenters. The SMILES string of the molecule is Cc1c[nH]c(=O)n1-c1ccc(C2(CN)CCC2)cc1. The van der Waals surface area contributed by atoms with Crippen molar-refractivity contribution in [1.29, 1.82) is 0 Å². The van der Waals surface area contributed by atoms with Gasteiger partial charge in [0, 0.05) is 23.9 Å². The van der Waals surface area contributed by atoms with Crippen molar-refractivity contribution in [2.75, 3.05) is 6.54 Å². The van der Waals surface area contributed by atoms with Crippen LogP contribution in [0.4, 0.5) is 0 Å². The van der Waals surface area contributed by atoms with Crippen LogP contribution in [-0.4, -0.2) is 16.1 Å². The number of benzene rings is 1. The van der Waals surface area contributed by atoms with Crippen molar-refractivity contribution in [2.45, 2.75) is 31.6 Å². The highest BCUT2D eigenvalue weighted by Crippen LogP contribution is 2.42. The van der Waals surface area contributed by atoms with Gasteiger partial charge in [-0.05, 0) is 37.5 Å². The molecule has 4 nitrogen and oxygen atoms in total. The summed E-state index contributed by atoms with van der Waals surface area (Å²) in [6.07, 6.45) is 5.33. The molecular weight excluding hydrogens is 238 g/mol. The zero-order valence-electron chi connectivity index (χ0n) is 11.1. The average molecular weight is 257 g/mol. The molecule has 0 radical (unpaired) electrons. The molecule has 0 atom stereocenters. The molecule has 1 fully saturated rings. The van der Waals surface area contributed by atoms with Crippen molar-refractivity contribution in [2.24, 2.45) is 5.73 Å². The number of aromatic amines is 1. The molecule has 1 aromatic heterocycles. The summed E-state index contributed by atoms with van der Waals surface area (Å²) in [5.74, 6) is 0. The molecule has 19 heavy (non-hydrogen) atoms. The molecule has 0 spiro atoms. The smallest absolute Gasteiger partial charge is 0.330 e. The number of aromatic nitrogens is 2. The first-order valence-corrected chi connectivity index (χ1v) is 6.74. The van der Waals surface area contributed by atoms with Gasteiger partial charge in [0.05, 0.1) is 5.69 Å². The molecule has 0 aliphatic heterocycles. The maximum atomic E-state index is 11.7. The maximum absolute atomic E-state index is 11.7. The number of H-pyrrole nitrogens is 1. The Kier molecular flexibility index (Phi) is 2.82. The summed E-state index contributed by atoms with van der Waals surface area (Å²) in [6.45, 7) is 2.62. The van der Waals surface area contributed by atoms with Crippen LogP contribution in [0.25, 0.3) is 5.69 Å². The van der Waals surface area contributed by atoms with Crippen LogP contribution in [0.15, 0.2) is 35.3 Å². The number of aryl methyl sites for hydroxylation is 1. The summed E-state index contributed by atoms with van der Waals surface area (Å²) in [7, 11) is 0. The van der Waals surface area contributed by atoms with Gasteiger partial charge in [0.2, 0.25) is 0 Å². The molecule has 0 saturated heterocycles. The number of nitrogens with zero attached hydrogens (tertiary/aromatic N) is 1.